The Hall–Kier alpha value is -1.09. The van der Waals surface area contributed by atoms with E-state index in [0.717, 1.165) is 17.3 Å². The van der Waals surface area contributed by atoms with E-state index in [4.69, 9.17) is 12.2 Å². The van der Waals surface area contributed by atoms with E-state index in [2.05, 4.69) is 55.7 Å². The van der Waals surface area contributed by atoms with Crippen LogP contribution in [0.25, 0.3) is 0 Å². The van der Waals surface area contributed by atoms with Crippen molar-refractivity contribution >= 4 is 23.0 Å². The van der Waals surface area contributed by atoms with E-state index in [1.807, 2.05) is 0 Å². The van der Waals surface area contributed by atoms with Crippen LogP contribution in [-0.4, -0.2) is 11.7 Å². The van der Waals surface area contributed by atoms with Crippen LogP contribution >= 0.6 is 12.2 Å². The van der Waals surface area contributed by atoms with Gasteiger partial charge in [0.1, 0.15) is 0 Å². The monoisotopic (exact) mass is 376 g/mol. The molecule has 0 aliphatic carbocycles. The van der Waals surface area contributed by atoms with Crippen molar-refractivity contribution in [1.29, 1.82) is 0 Å². The zero-order valence-electron chi connectivity index (χ0n) is 17.3. The molecule has 3 heteroatoms. The summed E-state index contributed by atoms with van der Waals surface area (Å²) in [5.41, 5.74) is 2.46. The van der Waals surface area contributed by atoms with Gasteiger partial charge in [0.25, 0.3) is 0 Å². The molecule has 1 unspecified atom stereocenters. The van der Waals surface area contributed by atoms with Gasteiger partial charge in [-0.05, 0) is 48.7 Å². The lowest BCUT2D eigenvalue weighted by atomic mass is 9.99. The number of hydrogen-bond donors (Lipinski definition) is 2. The fourth-order valence-electron chi connectivity index (χ4n) is 3.12. The maximum Gasteiger partial charge on any atom is 0.170 e. The molecular weight excluding hydrogens is 336 g/mol. The molecule has 0 spiro atoms. The van der Waals surface area contributed by atoms with Gasteiger partial charge >= 0.3 is 0 Å². The van der Waals surface area contributed by atoms with Crippen LogP contribution in [0.15, 0.2) is 24.3 Å². The molecule has 0 aromatic heterocycles. The maximum atomic E-state index is 5.39. The van der Waals surface area contributed by atoms with Crippen molar-refractivity contribution in [2.24, 2.45) is 0 Å². The predicted molar refractivity (Wildman–Crippen MR) is 121 cm³/mol. The molecule has 2 N–H and O–H groups in total. The van der Waals surface area contributed by atoms with E-state index in [9.17, 15) is 0 Å². The van der Waals surface area contributed by atoms with Crippen LogP contribution in [-0.2, 0) is 0 Å². The summed E-state index contributed by atoms with van der Waals surface area (Å²) in [7, 11) is 0. The molecule has 148 valence electrons. The van der Waals surface area contributed by atoms with E-state index >= 15 is 0 Å². The van der Waals surface area contributed by atoms with Crippen LogP contribution in [0.4, 0.5) is 5.69 Å². The second-order valence-electron chi connectivity index (χ2n) is 7.49. The Morgan fingerprint density at radius 1 is 0.846 bits per heavy atom. The average molecular weight is 377 g/mol. The summed E-state index contributed by atoms with van der Waals surface area (Å²) in [5, 5.41) is 7.34. The SMILES string of the molecule is CCCCCCCCCCCCNC(=S)Nc1ccc(C(C)CC)cc1. The van der Waals surface area contributed by atoms with E-state index in [-0.39, 0.29) is 0 Å². The lowest BCUT2D eigenvalue weighted by Crippen LogP contribution is -2.29. The van der Waals surface area contributed by atoms with Gasteiger partial charge in [-0.15, -0.1) is 0 Å². The quantitative estimate of drug-likeness (QED) is 0.261. The maximum absolute atomic E-state index is 5.39. The number of nitrogens with one attached hydrogen (secondary N) is 2. The lowest BCUT2D eigenvalue weighted by Gasteiger charge is -2.13. The second-order valence-corrected chi connectivity index (χ2v) is 7.90. The highest BCUT2D eigenvalue weighted by Gasteiger charge is 2.03. The molecule has 1 aromatic carbocycles. The summed E-state index contributed by atoms with van der Waals surface area (Å²) in [6.45, 7) is 7.73. The van der Waals surface area contributed by atoms with Gasteiger partial charge in [0.05, 0.1) is 0 Å². The smallest absolute Gasteiger partial charge is 0.170 e. The van der Waals surface area contributed by atoms with Crippen molar-refractivity contribution in [3.8, 4) is 0 Å². The number of thiocarbonyl (C=S) groups is 1. The van der Waals surface area contributed by atoms with E-state index < -0.39 is 0 Å². The van der Waals surface area contributed by atoms with Crippen molar-refractivity contribution < 1.29 is 0 Å². The van der Waals surface area contributed by atoms with E-state index in [1.54, 1.807) is 0 Å². The molecule has 2 nitrogen and oxygen atoms in total. The summed E-state index contributed by atoms with van der Waals surface area (Å²) in [4.78, 5) is 0. The first-order chi connectivity index (χ1) is 12.7. The molecule has 0 fully saturated rings. The first-order valence-corrected chi connectivity index (χ1v) is 11.2. The van der Waals surface area contributed by atoms with Gasteiger partial charge in [-0.25, -0.2) is 0 Å². The Morgan fingerprint density at radius 2 is 1.38 bits per heavy atom. The Kier molecular flexibility index (Phi) is 13.3. The van der Waals surface area contributed by atoms with Crippen LogP contribution in [0.3, 0.4) is 0 Å². The third-order valence-corrected chi connectivity index (χ3v) is 5.41. The third kappa shape index (κ3) is 10.8. The summed E-state index contributed by atoms with van der Waals surface area (Å²) in [6, 6.07) is 8.63. The third-order valence-electron chi connectivity index (χ3n) is 5.17. The van der Waals surface area contributed by atoms with Crippen LogP contribution < -0.4 is 10.6 Å². The largest absolute Gasteiger partial charge is 0.362 e. The topological polar surface area (TPSA) is 24.1 Å². The summed E-state index contributed by atoms with van der Waals surface area (Å²) >= 11 is 5.39. The normalized spacial score (nSPS) is 12.0. The van der Waals surface area contributed by atoms with Gasteiger partial charge in [0.15, 0.2) is 5.11 Å². The number of unbranched alkanes of at least 4 members (excludes halogenated alkanes) is 9. The zero-order valence-corrected chi connectivity index (χ0v) is 18.1. The molecule has 1 atom stereocenters. The Labute approximate surface area is 167 Å². The average Bonchev–Trinajstić information content (AvgIpc) is 2.66. The van der Waals surface area contributed by atoms with Crippen LogP contribution in [0, 0.1) is 0 Å². The Bertz CT molecular complexity index is 470. The van der Waals surface area contributed by atoms with Gasteiger partial charge < -0.3 is 10.6 Å². The highest BCUT2D eigenvalue weighted by atomic mass is 32.1. The minimum Gasteiger partial charge on any atom is -0.362 e. The van der Waals surface area contributed by atoms with Crippen LogP contribution in [0.5, 0.6) is 0 Å². The number of hydrogen-bond acceptors (Lipinski definition) is 1. The first kappa shape index (κ1) is 23.0. The molecule has 1 aromatic rings. The van der Waals surface area contributed by atoms with Gasteiger partial charge in [0.2, 0.25) is 0 Å². The molecule has 0 bridgehead atoms. The van der Waals surface area contributed by atoms with E-state index in [0.29, 0.717) is 5.92 Å². The van der Waals surface area contributed by atoms with Crippen molar-refractivity contribution in [2.75, 3.05) is 11.9 Å². The summed E-state index contributed by atoms with van der Waals surface area (Å²) in [6.07, 6.45) is 14.8. The molecule has 0 aliphatic heterocycles. The molecule has 0 aliphatic rings. The Morgan fingerprint density at radius 3 is 1.92 bits per heavy atom. The highest BCUT2D eigenvalue weighted by Crippen LogP contribution is 2.20. The van der Waals surface area contributed by atoms with Gasteiger partial charge in [-0.1, -0.05) is 90.7 Å². The van der Waals surface area contributed by atoms with Crippen LogP contribution in [0.2, 0.25) is 0 Å². The minimum absolute atomic E-state index is 0.616. The summed E-state index contributed by atoms with van der Waals surface area (Å²) in [5.74, 6) is 0.616. The minimum atomic E-state index is 0.616. The van der Waals surface area contributed by atoms with Gasteiger partial charge in [0, 0.05) is 12.2 Å². The van der Waals surface area contributed by atoms with Crippen LogP contribution in [0.1, 0.15) is 103 Å². The van der Waals surface area contributed by atoms with Gasteiger partial charge in [-0.3, -0.25) is 0 Å². The number of rotatable bonds is 14. The number of anilines is 1. The zero-order chi connectivity index (χ0) is 19.0. The van der Waals surface area contributed by atoms with Crippen molar-refractivity contribution in [1.82, 2.24) is 5.32 Å². The summed E-state index contributed by atoms with van der Waals surface area (Å²) < 4.78 is 0. The van der Waals surface area contributed by atoms with Crippen molar-refractivity contribution in [3.63, 3.8) is 0 Å². The molecule has 26 heavy (non-hydrogen) atoms. The number of benzene rings is 1. The molecule has 0 amide bonds. The molecule has 0 saturated heterocycles. The molecule has 1 rings (SSSR count). The second kappa shape index (κ2) is 15.0. The lowest BCUT2D eigenvalue weighted by molar-refractivity contribution is 0.555. The molecule has 0 saturated carbocycles. The first-order valence-electron chi connectivity index (χ1n) is 10.8. The Balaban J connectivity index is 2.01. The van der Waals surface area contributed by atoms with Crippen molar-refractivity contribution in [3.05, 3.63) is 29.8 Å². The predicted octanol–water partition coefficient (Wildman–Crippen LogP) is 7.41. The van der Waals surface area contributed by atoms with Crippen molar-refractivity contribution in [2.45, 2.75) is 97.3 Å². The molecular formula is C23H40N2S. The molecule has 0 heterocycles. The molecule has 0 radical (unpaired) electrons. The fraction of sp³-hybridized carbons (Fsp3) is 0.696. The standard InChI is InChI=1S/C23H40N2S/c1-4-6-7-8-9-10-11-12-13-14-19-24-23(26)25-22-17-15-21(16-18-22)20(3)5-2/h15-18,20H,4-14,19H2,1-3H3,(H2,24,25,26). The fourth-order valence-corrected chi connectivity index (χ4v) is 3.34. The van der Waals surface area contributed by atoms with Gasteiger partial charge in [-0.2, -0.15) is 0 Å². The van der Waals surface area contributed by atoms with E-state index in [1.165, 1.54) is 76.2 Å². The highest BCUT2D eigenvalue weighted by molar-refractivity contribution is 7.80.